The quantitative estimate of drug-likeness (QED) is 0.635. The molecule has 2 fully saturated rings. The van der Waals surface area contributed by atoms with Gasteiger partial charge in [0.05, 0.1) is 23.6 Å². The summed E-state index contributed by atoms with van der Waals surface area (Å²) >= 11 is 0. The normalized spacial score (nSPS) is 25.0. The van der Waals surface area contributed by atoms with Crippen molar-refractivity contribution in [3.8, 4) is 0 Å². The van der Waals surface area contributed by atoms with Gasteiger partial charge in [0, 0.05) is 11.9 Å². The van der Waals surface area contributed by atoms with Gasteiger partial charge in [-0.1, -0.05) is 60.7 Å². The molecule has 0 aliphatic carbocycles. The molecule has 1 N–H and O–H groups in total. The third-order valence-corrected chi connectivity index (χ3v) is 6.79. The number of rotatable bonds is 3. The topological polar surface area (TPSA) is 69.7 Å². The largest absolute Gasteiger partial charge is 0.357 e. The van der Waals surface area contributed by atoms with Gasteiger partial charge in [0.25, 0.3) is 0 Å². The molecule has 0 spiro atoms. The Morgan fingerprint density at radius 3 is 2.15 bits per heavy atom. The highest BCUT2D eigenvalue weighted by Crippen LogP contribution is 2.53. The van der Waals surface area contributed by atoms with Gasteiger partial charge < -0.3 is 10.2 Å². The van der Waals surface area contributed by atoms with Crippen LogP contribution in [0.2, 0.25) is 0 Å². The third-order valence-electron chi connectivity index (χ3n) is 6.79. The monoisotopic (exact) mass is 435 g/mol. The number of imide groups is 1. The number of carbonyl (C=O) groups is 3. The van der Waals surface area contributed by atoms with Crippen molar-refractivity contribution >= 4 is 35.2 Å². The van der Waals surface area contributed by atoms with Gasteiger partial charge in [-0.2, -0.15) is 0 Å². The van der Waals surface area contributed by atoms with Crippen LogP contribution in [0.1, 0.15) is 17.2 Å². The molecule has 6 nitrogen and oxygen atoms in total. The molecular formula is C27H21N3O3. The molecule has 0 aromatic heterocycles. The number of hydrogen-bond donors (Lipinski definition) is 1. The van der Waals surface area contributed by atoms with Gasteiger partial charge in [-0.3, -0.25) is 14.4 Å². The van der Waals surface area contributed by atoms with Gasteiger partial charge >= 0.3 is 0 Å². The number of nitrogens with zero attached hydrogens (tertiary/aromatic N) is 2. The van der Waals surface area contributed by atoms with E-state index in [0.717, 1.165) is 11.1 Å². The summed E-state index contributed by atoms with van der Waals surface area (Å²) in [6.07, 6.45) is 3.80. The Labute approximate surface area is 191 Å². The predicted molar refractivity (Wildman–Crippen MR) is 125 cm³/mol. The molecule has 4 atom stereocenters. The van der Waals surface area contributed by atoms with E-state index >= 15 is 0 Å². The van der Waals surface area contributed by atoms with Gasteiger partial charge in [-0.15, -0.1) is 0 Å². The molecule has 0 bridgehead atoms. The summed E-state index contributed by atoms with van der Waals surface area (Å²) in [5.74, 6) is -2.30. The molecule has 3 aliphatic rings. The summed E-state index contributed by atoms with van der Waals surface area (Å²) in [5, 5.41) is 2.95. The van der Waals surface area contributed by atoms with E-state index in [4.69, 9.17) is 0 Å². The Balaban J connectivity index is 1.45. The number of amides is 3. The summed E-state index contributed by atoms with van der Waals surface area (Å²) in [7, 11) is 0. The van der Waals surface area contributed by atoms with Gasteiger partial charge in [-0.05, 0) is 41.5 Å². The van der Waals surface area contributed by atoms with Crippen molar-refractivity contribution in [1.82, 2.24) is 4.90 Å². The standard InChI is InChI=1S/C27H21N3O3/c31-25(28-18-10-3-1-4-11-18)24-22-21(23-20-14-8-7-9-17(20)15-16-29(23)24)26(32)30(27(22)33)19-12-5-2-6-13-19/h1-16,21-24H,(H,28,31)/t21-,22-,23+,24+/m1/s1. The van der Waals surface area contributed by atoms with Crippen LogP contribution in [0.4, 0.5) is 11.4 Å². The second kappa shape index (κ2) is 7.45. The van der Waals surface area contributed by atoms with Crippen LogP contribution in [0.25, 0.3) is 6.08 Å². The van der Waals surface area contributed by atoms with Crippen molar-refractivity contribution in [3.05, 3.63) is 102 Å². The van der Waals surface area contributed by atoms with Crippen molar-refractivity contribution in [2.24, 2.45) is 11.8 Å². The molecular weight excluding hydrogens is 414 g/mol. The number of fused-ring (bicyclic) bond motifs is 5. The Kier molecular flexibility index (Phi) is 4.40. The molecule has 0 saturated carbocycles. The highest BCUT2D eigenvalue weighted by Gasteiger charge is 2.64. The Morgan fingerprint density at radius 1 is 0.758 bits per heavy atom. The van der Waals surface area contributed by atoms with Gasteiger partial charge in [-0.25, -0.2) is 4.90 Å². The summed E-state index contributed by atoms with van der Waals surface area (Å²) in [4.78, 5) is 44.1. The minimum Gasteiger partial charge on any atom is -0.357 e. The van der Waals surface area contributed by atoms with Crippen LogP contribution in [0.15, 0.2) is 91.1 Å². The first-order valence-corrected chi connectivity index (χ1v) is 11.0. The SMILES string of the molecule is O=C(Nc1ccccc1)[C@@H]1[C@@H]2C(=O)N(c3ccccc3)C(=O)[C@H]2[C@@H]2c3ccccc3C=CN12. The maximum Gasteiger partial charge on any atom is 0.247 e. The Hall–Kier alpha value is -4.19. The van der Waals surface area contributed by atoms with Crippen LogP contribution in [-0.2, 0) is 14.4 Å². The summed E-state index contributed by atoms with van der Waals surface area (Å²) in [6, 6.07) is 24.8. The molecule has 3 aliphatic heterocycles. The fourth-order valence-electron chi connectivity index (χ4n) is 5.43. The van der Waals surface area contributed by atoms with E-state index in [1.165, 1.54) is 4.90 Å². The second-order valence-electron chi connectivity index (χ2n) is 8.54. The van der Waals surface area contributed by atoms with Gasteiger partial charge in [0.1, 0.15) is 6.04 Å². The van der Waals surface area contributed by atoms with E-state index in [1.54, 1.807) is 36.4 Å². The minimum atomic E-state index is -0.796. The molecule has 3 aromatic carbocycles. The first-order valence-electron chi connectivity index (χ1n) is 11.0. The maximum atomic E-state index is 13.7. The highest BCUT2D eigenvalue weighted by atomic mass is 16.2. The van der Waals surface area contributed by atoms with Crippen LogP contribution in [0.3, 0.4) is 0 Å². The lowest BCUT2D eigenvalue weighted by molar-refractivity contribution is -0.128. The molecule has 3 amide bonds. The number of hydrogen-bond acceptors (Lipinski definition) is 4. The lowest BCUT2D eigenvalue weighted by Gasteiger charge is -2.35. The molecule has 0 unspecified atom stereocenters. The fourth-order valence-corrected chi connectivity index (χ4v) is 5.43. The van der Waals surface area contributed by atoms with Gasteiger partial charge in [0.2, 0.25) is 17.7 Å². The van der Waals surface area contributed by atoms with Crippen LogP contribution < -0.4 is 10.2 Å². The zero-order chi connectivity index (χ0) is 22.5. The first-order chi connectivity index (χ1) is 16.1. The van der Waals surface area contributed by atoms with Crippen molar-refractivity contribution in [3.63, 3.8) is 0 Å². The molecule has 3 heterocycles. The Bertz CT molecular complexity index is 1290. The van der Waals surface area contributed by atoms with Crippen LogP contribution in [-0.4, -0.2) is 28.7 Å². The Morgan fingerprint density at radius 2 is 1.39 bits per heavy atom. The van der Waals surface area contributed by atoms with Crippen molar-refractivity contribution in [1.29, 1.82) is 0 Å². The van der Waals surface area contributed by atoms with E-state index in [-0.39, 0.29) is 23.8 Å². The lowest BCUT2D eigenvalue weighted by atomic mass is 9.84. The van der Waals surface area contributed by atoms with E-state index in [9.17, 15) is 14.4 Å². The van der Waals surface area contributed by atoms with Crippen LogP contribution >= 0.6 is 0 Å². The number of carbonyl (C=O) groups excluding carboxylic acids is 3. The molecule has 6 rings (SSSR count). The van der Waals surface area contributed by atoms with E-state index in [1.807, 2.05) is 65.7 Å². The van der Waals surface area contributed by atoms with Crippen molar-refractivity contribution in [2.45, 2.75) is 12.1 Å². The minimum absolute atomic E-state index is 0.258. The molecule has 6 heteroatoms. The molecule has 0 radical (unpaired) electrons. The summed E-state index contributed by atoms with van der Waals surface area (Å²) in [6.45, 7) is 0. The molecule has 2 saturated heterocycles. The van der Waals surface area contributed by atoms with Gasteiger partial charge in [0.15, 0.2) is 0 Å². The van der Waals surface area contributed by atoms with E-state index < -0.39 is 17.9 Å². The lowest BCUT2D eigenvalue weighted by Crippen LogP contribution is -2.46. The molecule has 33 heavy (non-hydrogen) atoms. The number of benzene rings is 3. The average molecular weight is 435 g/mol. The number of nitrogens with one attached hydrogen (secondary N) is 1. The smallest absolute Gasteiger partial charge is 0.247 e. The second-order valence-corrected chi connectivity index (χ2v) is 8.54. The van der Waals surface area contributed by atoms with Crippen molar-refractivity contribution in [2.75, 3.05) is 10.2 Å². The maximum absolute atomic E-state index is 13.7. The summed E-state index contributed by atoms with van der Waals surface area (Å²) < 4.78 is 0. The molecule has 162 valence electrons. The zero-order valence-electron chi connectivity index (χ0n) is 17.7. The average Bonchev–Trinajstić information content (AvgIpc) is 3.33. The van der Waals surface area contributed by atoms with Crippen LogP contribution in [0, 0.1) is 11.8 Å². The number of para-hydroxylation sites is 2. The molecule has 3 aromatic rings. The van der Waals surface area contributed by atoms with Crippen LogP contribution in [0.5, 0.6) is 0 Å². The van der Waals surface area contributed by atoms with Crippen molar-refractivity contribution < 1.29 is 14.4 Å². The van der Waals surface area contributed by atoms with E-state index in [0.29, 0.717) is 11.4 Å². The predicted octanol–water partition coefficient (Wildman–Crippen LogP) is 3.84. The third kappa shape index (κ3) is 2.91. The highest BCUT2D eigenvalue weighted by molar-refractivity contribution is 6.24. The van der Waals surface area contributed by atoms with E-state index in [2.05, 4.69) is 5.32 Å². The first kappa shape index (κ1) is 19.5. The summed E-state index contributed by atoms with van der Waals surface area (Å²) in [5.41, 5.74) is 3.15. The number of anilines is 2. The zero-order valence-corrected chi connectivity index (χ0v) is 17.7. The fraction of sp³-hybridized carbons (Fsp3) is 0.148.